The van der Waals surface area contributed by atoms with E-state index in [2.05, 4.69) is 20.8 Å². The van der Waals surface area contributed by atoms with Crippen LogP contribution in [-0.2, 0) is 9.53 Å². The number of hydrogen-bond donors (Lipinski definition) is 0. The van der Waals surface area contributed by atoms with Gasteiger partial charge in [0.05, 0.1) is 5.60 Å². The topological polar surface area (TPSA) is 26.3 Å². The van der Waals surface area contributed by atoms with Gasteiger partial charge in [0.2, 0.25) is 0 Å². The molecule has 0 aromatic carbocycles. The summed E-state index contributed by atoms with van der Waals surface area (Å²) in [6.45, 7) is 8.18. The van der Waals surface area contributed by atoms with Gasteiger partial charge in [0, 0.05) is 13.0 Å². The molecule has 0 N–H and O–H groups in total. The Balaban J connectivity index is 1.74. The standard InChI is InChI=1S/C19H28O2/c1-12-10-13-11-14(20)4-7-18(13,2)15-5-8-19(3)16(17(12)15)6-9-21-19/h11-12,15-17H,4-10H2,1-3H3/t12?,15-,16+,17-,18+,19+/m1/s1. The maximum absolute atomic E-state index is 11.9. The van der Waals surface area contributed by atoms with Crippen LogP contribution < -0.4 is 0 Å². The first-order chi connectivity index (χ1) is 9.94. The van der Waals surface area contributed by atoms with Crippen LogP contribution in [0.5, 0.6) is 0 Å². The Morgan fingerprint density at radius 1 is 1.19 bits per heavy atom. The lowest BCUT2D eigenvalue weighted by molar-refractivity contribution is -0.122. The lowest BCUT2D eigenvalue weighted by Crippen LogP contribution is -2.54. The van der Waals surface area contributed by atoms with Gasteiger partial charge in [0.15, 0.2) is 5.78 Å². The van der Waals surface area contributed by atoms with Crippen LogP contribution in [0, 0.1) is 29.1 Å². The predicted molar refractivity (Wildman–Crippen MR) is 82.9 cm³/mol. The summed E-state index contributed by atoms with van der Waals surface area (Å²) in [5, 5.41) is 0. The van der Waals surface area contributed by atoms with Crippen LogP contribution in [0.4, 0.5) is 0 Å². The number of rotatable bonds is 0. The minimum Gasteiger partial charge on any atom is -0.375 e. The third-order valence-corrected chi connectivity index (χ3v) is 7.50. The van der Waals surface area contributed by atoms with Crippen molar-refractivity contribution in [3.05, 3.63) is 11.6 Å². The lowest BCUT2D eigenvalue weighted by Gasteiger charge is -2.58. The highest BCUT2D eigenvalue weighted by Crippen LogP contribution is 2.63. The molecule has 0 bridgehead atoms. The average molecular weight is 288 g/mol. The zero-order chi connectivity index (χ0) is 14.8. The molecule has 0 amide bonds. The van der Waals surface area contributed by atoms with Crippen molar-refractivity contribution in [2.75, 3.05) is 6.61 Å². The summed E-state index contributed by atoms with van der Waals surface area (Å²) in [4.78, 5) is 11.9. The smallest absolute Gasteiger partial charge is 0.155 e. The molecule has 4 rings (SSSR count). The summed E-state index contributed by atoms with van der Waals surface area (Å²) < 4.78 is 6.16. The summed E-state index contributed by atoms with van der Waals surface area (Å²) in [6.07, 6.45) is 8.72. The van der Waals surface area contributed by atoms with Gasteiger partial charge in [-0.15, -0.1) is 0 Å². The van der Waals surface area contributed by atoms with Crippen LogP contribution in [0.3, 0.4) is 0 Å². The molecule has 2 saturated carbocycles. The third kappa shape index (κ3) is 1.84. The zero-order valence-electron chi connectivity index (χ0n) is 13.7. The predicted octanol–water partition coefficient (Wildman–Crippen LogP) is 4.14. The van der Waals surface area contributed by atoms with Gasteiger partial charge < -0.3 is 4.74 Å². The second-order valence-electron chi connectivity index (χ2n) is 8.51. The van der Waals surface area contributed by atoms with Gasteiger partial charge in [-0.05, 0) is 74.2 Å². The van der Waals surface area contributed by atoms with Crippen molar-refractivity contribution < 1.29 is 9.53 Å². The Bertz CT molecular complexity index is 508. The summed E-state index contributed by atoms with van der Waals surface area (Å²) in [5.74, 6) is 3.36. The molecule has 2 nitrogen and oxygen atoms in total. The molecule has 116 valence electrons. The summed E-state index contributed by atoms with van der Waals surface area (Å²) in [6, 6.07) is 0. The van der Waals surface area contributed by atoms with Gasteiger partial charge in [-0.3, -0.25) is 4.79 Å². The lowest BCUT2D eigenvalue weighted by atomic mass is 9.46. The maximum atomic E-state index is 11.9. The monoisotopic (exact) mass is 288 g/mol. The van der Waals surface area contributed by atoms with E-state index in [-0.39, 0.29) is 11.0 Å². The van der Waals surface area contributed by atoms with Crippen molar-refractivity contribution in [3.8, 4) is 0 Å². The second kappa shape index (κ2) is 4.44. The molecule has 1 aliphatic heterocycles. The van der Waals surface area contributed by atoms with Crippen molar-refractivity contribution in [1.29, 1.82) is 0 Å². The van der Waals surface area contributed by atoms with E-state index in [0.29, 0.717) is 11.7 Å². The molecule has 0 spiro atoms. The molecular weight excluding hydrogens is 260 g/mol. The zero-order valence-corrected chi connectivity index (χ0v) is 13.7. The number of carbonyl (C=O) groups is 1. The van der Waals surface area contributed by atoms with Gasteiger partial charge in [-0.1, -0.05) is 19.4 Å². The molecule has 6 atom stereocenters. The van der Waals surface area contributed by atoms with E-state index >= 15 is 0 Å². The molecule has 3 aliphatic carbocycles. The van der Waals surface area contributed by atoms with E-state index in [1.165, 1.54) is 24.8 Å². The normalized spacial score (nSPS) is 52.7. The number of carbonyl (C=O) groups excluding carboxylic acids is 1. The van der Waals surface area contributed by atoms with E-state index < -0.39 is 0 Å². The number of allylic oxidation sites excluding steroid dienone is 2. The molecule has 1 heterocycles. The van der Waals surface area contributed by atoms with Crippen LogP contribution >= 0.6 is 0 Å². The highest BCUT2D eigenvalue weighted by Gasteiger charge is 2.58. The fourth-order valence-electron chi connectivity index (χ4n) is 6.31. The number of ketones is 1. The van der Waals surface area contributed by atoms with Crippen LogP contribution in [0.25, 0.3) is 0 Å². The minimum atomic E-state index is 0.136. The first-order valence-corrected chi connectivity index (χ1v) is 8.82. The quantitative estimate of drug-likeness (QED) is 0.669. The van der Waals surface area contributed by atoms with Crippen LogP contribution in [0.1, 0.15) is 59.3 Å². The molecule has 1 unspecified atom stereocenters. The molecule has 4 aliphatic rings. The summed E-state index contributed by atoms with van der Waals surface area (Å²) >= 11 is 0. The average Bonchev–Trinajstić information content (AvgIpc) is 2.82. The van der Waals surface area contributed by atoms with Gasteiger partial charge in [0.1, 0.15) is 0 Å². The molecular formula is C19H28O2. The number of fused-ring (bicyclic) bond motifs is 5. The second-order valence-corrected chi connectivity index (χ2v) is 8.51. The van der Waals surface area contributed by atoms with E-state index in [1.54, 1.807) is 0 Å². The first kappa shape index (κ1) is 14.0. The Morgan fingerprint density at radius 3 is 2.81 bits per heavy atom. The fourth-order valence-corrected chi connectivity index (χ4v) is 6.31. The molecule has 0 aromatic heterocycles. The molecule has 0 radical (unpaired) electrons. The minimum absolute atomic E-state index is 0.136. The molecule has 3 fully saturated rings. The highest BCUT2D eigenvalue weighted by atomic mass is 16.5. The van der Waals surface area contributed by atoms with Gasteiger partial charge in [-0.25, -0.2) is 0 Å². The molecule has 2 heteroatoms. The Kier molecular flexibility index (Phi) is 2.96. The Hall–Kier alpha value is -0.630. The van der Waals surface area contributed by atoms with Crippen molar-refractivity contribution in [2.45, 2.75) is 64.9 Å². The highest BCUT2D eigenvalue weighted by molar-refractivity contribution is 5.91. The number of ether oxygens (including phenoxy) is 1. The first-order valence-electron chi connectivity index (χ1n) is 8.82. The van der Waals surface area contributed by atoms with Gasteiger partial charge in [-0.2, -0.15) is 0 Å². The molecule has 0 aromatic rings. The summed E-state index contributed by atoms with van der Waals surface area (Å²) in [5.41, 5.74) is 1.89. The molecule has 1 saturated heterocycles. The van der Waals surface area contributed by atoms with Crippen molar-refractivity contribution in [3.63, 3.8) is 0 Å². The van der Waals surface area contributed by atoms with Crippen LogP contribution in [0.15, 0.2) is 11.6 Å². The van der Waals surface area contributed by atoms with Crippen molar-refractivity contribution >= 4 is 5.78 Å². The van der Waals surface area contributed by atoms with Crippen molar-refractivity contribution in [2.24, 2.45) is 29.1 Å². The SMILES string of the molecule is CC1CC2=CC(=O)CC[C@]2(C)[C@@H]2CC[C@]3(C)OCC[C@H]3[C@H]12. The maximum Gasteiger partial charge on any atom is 0.155 e. The van der Waals surface area contributed by atoms with E-state index in [4.69, 9.17) is 4.74 Å². The largest absolute Gasteiger partial charge is 0.375 e. The summed E-state index contributed by atoms with van der Waals surface area (Å²) in [7, 11) is 0. The van der Waals surface area contributed by atoms with Crippen LogP contribution in [0.2, 0.25) is 0 Å². The van der Waals surface area contributed by atoms with E-state index in [1.807, 2.05) is 6.08 Å². The van der Waals surface area contributed by atoms with Gasteiger partial charge >= 0.3 is 0 Å². The fraction of sp³-hybridized carbons (Fsp3) is 0.842. The van der Waals surface area contributed by atoms with Gasteiger partial charge in [0.25, 0.3) is 0 Å². The van der Waals surface area contributed by atoms with E-state index in [9.17, 15) is 4.79 Å². The van der Waals surface area contributed by atoms with Crippen molar-refractivity contribution in [1.82, 2.24) is 0 Å². The Labute approximate surface area is 128 Å². The third-order valence-electron chi connectivity index (χ3n) is 7.50. The molecule has 21 heavy (non-hydrogen) atoms. The van der Waals surface area contributed by atoms with E-state index in [0.717, 1.165) is 43.6 Å². The number of hydrogen-bond acceptors (Lipinski definition) is 2. The van der Waals surface area contributed by atoms with Crippen LogP contribution in [-0.4, -0.2) is 18.0 Å². The Morgan fingerprint density at radius 2 is 2.00 bits per heavy atom.